The van der Waals surface area contributed by atoms with Crippen LogP contribution in [0.1, 0.15) is 29.7 Å². The monoisotopic (exact) mass is 622 g/mol. The Labute approximate surface area is 257 Å². The highest BCUT2D eigenvalue weighted by atomic mass is 19.1. The number of methoxy groups -OCH3 is 1. The molecule has 1 aliphatic rings. The summed E-state index contributed by atoms with van der Waals surface area (Å²) in [5, 5.41) is 2.50. The highest BCUT2D eigenvalue weighted by Gasteiger charge is 2.24. The lowest BCUT2D eigenvalue weighted by Crippen LogP contribution is -2.42. The summed E-state index contributed by atoms with van der Waals surface area (Å²) in [6.07, 6.45) is 5.65. The second kappa shape index (κ2) is 14.9. The molecule has 1 atom stereocenters. The molecule has 0 fully saturated rings. The van der Waals surface area contributed by atoms with Gasteiger partial charge in [-0.05, 0) is 37.1 Å². The molecule has 236 valence electrons. The zero-order chi connectivity index (χ0) is 32.5. The number of carbonyl (C=O) groups is 3. The quantitative estimate of drug-likeness (QED) is 0.287. The number of rotatable bonds is 13. The summed E-state index contributed by atoms with van der Waals surface area (Å²) < 4.78 is 39.0. The van der Waals surface area contributed by atoms with Crippen LogP contribution in [0.4, 0.5) is 19.3 Å². The topological polar surface area (TPSA) is 145 Å². The maximum absolute atomic E-state index is 14.0. The van der Waals surface area contributed by atoms with Gasteiger partial charge in [-0.2, -0.15) is 4.98 Å². The molecule has 0 unspecified atom stereocenters. The number of alkyl carbamates (subject to hydrolysis) is 1. The molecule has 0 bridgehead atoms. The molecular weight excluding hydrogens is 590 g/mol. The Morgan fingerprint density at radius 2 is 1.96 bits per heavy atom. The molecular formula is C31H32F2N6O6. The molecule has 0 saturated carbocycles. The summed E-state index contributed by atoms with van der Waals surface area (Å²) in [5.74, 6) is -1.94. The molecule has 2 aromatic heterocycles. The van der Waals surface area contributed by atoms with Crippen LogP contribution in [-0.2, 0) is 40.3 Å². The van der Waals surface area contributed by atoms with Crippen LogP contribution < -0.4 is 15.6 Å². The van der Waals surface area contributed by atoms with Gasteiger partial charge in [-0.15, -0.1) is 0 Å². The fourth-order valence-corrected chi connectivity index (χ4v) is 4.48. The zero-order valence-corrected chi connectivity index (χ0v) is 25.0. The van der Waals surface area contributed by atoms with E-state index in [2.05, 4.69) is 25.0 Å². The van der Waals surface area contributed by atoms with Crippen molar-refractivity contribution in [2.24, 2.45) is 4.99 Å². The molecule has 0 saturated heterocycles. The maximum Gasteiger partial charge on any atom is 0.407 e. The number of allylic oxidation sites excluding steroid dienone is 1. The van der Waals surface area contributed by atoms with E-state index in [0.29, 0.717) is 29.9 Å². The standard InChI is InChI=1S/C31H32F2N6O6/c1-38(2)27(41)9-5-4-8-24(37-31(43)44-3)26(40)13-19-7-6-12-39(30(19)42)16-22-15-25-28(36-22)29(35-18-34-25)45-17-20-10-11-21(32)14-23(20)33/h5-7,9-12,14,18,24H,4,8,13,15-17H2,1-3H3,(H,37,43)/b9-5+/t24-/m0/s1. The van der Waals surface area contributed by atoms with Crippen LogP contribution in [0.3, 0.4) is 0 Å². The zero-order valence-electron chi connectivity index (χ0n) is 25.0. The SMILES string of the molecule is COC(=O)N[C@@H](CC/C=C/C(=O)N(C)C)C(=O)Cc1cccn(CC2=Nc3c(ncnc3OCc3ccc(F)cc3F)C2)c1=O. The second-order valence-corrected chi connectivity index (χ2v) is 10.4. The van der Waals surface area contributed by atoms with E-state index in [1.54, 1.807) is 38.5 Å². The van der Waals surface area contributed by atoms with Crippen LogP contribution in [0.25, 0.3) is 0 Å². The van der Waals surface area contributed by atoms with E-state index in [4.69, 9.17) is 4.74 Å². The molecule has 0 radical (unpaired) electrons. The van der Waals surface area contributed by atoms with Gasteiger partial charge in [0.1, 0.15) is 30.3 Å². The number of halogens is 2. The minimum atomic E-state index is -0.946. The molecule has 4 rings (SSSR count). The van der Waals surface area contributed by atoms with Crippen LogP contribution in [0.5, 0.6) is 5.88 Å². The summed E-state index contributed by atoms with van der Waals surface area (Å²) in [5.41, 5.74) is 1.45. The molecule has 3 heterocycles. The van der Waals surface area contributed by atoms with Crippen LogP contribution >= 0.6 is 0 Å². The predicted octanol–water partition coefficient (Wildman–Crippen LogP) is 3.09. The fourth-order valence-electron chi connectivity index (χ4n) is 4.48. The van der Waals surface area contributed by atoms with Gasteiger partial charge in [0.2, 0.25) is 11.8 Å². The first-order valence-corrected chi connectivity index (χ1v) is 14.0. The van der Waals surface area contributed by atoms with Crippen LogP contribution in [0.2, 0.25) is 0 Å². The Morgan fingerprint density at radius 1 is 1.16 bits per heavy atom. The van der Waals surface area contributed by atoms with E-state index in [9.17, 15) is 28.0 Å². The summed E-state index contributed by atoms with van der Waals surface area (Å²) in [6.45, 7) is -0.107. The number of nitrogens with one attached hydrogen (secondary N) is 1. The number of pyridine rings is 1. The van der Waals surface area contributed by atoms with Crippen molar-refractivity contribution in [1.82, 2.24) is 24.8 Å². The average Bonchev–Trinajstić information content (AvgIpc) is 3.43. The van der Waals surface area contributed by atoms with Crippen molar-refractivity contribution in [2.75, 3.05) is 21.2 Å². The summed E-state index contributed by atoms with van der Waals surface area (Å²) >= 11 is 0. The van der Waals surface area contributed by atoms with Gasteiger partial charge >= 0.3 is 6.09 Å². The van der Waals surface area contributed by atoms with E-state index in [1.807, 2.05) is 0 Å². The number of hydrogen-bond donors (Lipinski definition) is 1. The maximum atomic E-state index is 14.0. The Hall–Kier alpha value is -5.27. The van der Waals surface area contributed by atoms with Crippen molar-refractivity contribution >= 4 is 29.2 Å². The van der Waals surface area contributed by atoms with Gasteiger partial charge in [0.05, 0.1) is 25.4 Å². The van der Waals surface area contributed by atoms with Gasteiger partial charge in [-0.3, -0.25) is 14.4 Å². The first-order valence-electron chi connectivity index (χ1n) is 14.0. The van der Waals surface area contributed by atoms with Gasteiger partial charge in [0.15, 0.2) is 5.78 Å². The van der Waals surface area contributed by atoms with Crippen LogP contribution in [-0.4, -0.2) is 70.2 Å². The number of carbonyl (C=O) groups excluding carboxylic acids is 3. The molecule has 3 aromatic rings. The number of Topliss-reactive ketones (excluding diaryl/α,β-unsaturated/α-hetero) is 1. The molecule has 1 aromatic carbocycles. The van der Waals surface area contributed by atoms with E-state index in [1.165, 1.54) is 35.0 Å². The van der Waals surface area contributed by atoms with E-state index < -0.39 is 35.1 Å². The molecule has 0 aliphatic carbocycles. The number of amides is 2. The van der Waals surface area contributed by atoms with Gasteiger partial charge in [0.25, 0.3) is 5.56 Å². The third-order valence-corrected chi connectivity index (χ3v) is 6.89. The molecule has 14 heteroatoms. The number of nitrogens with zero attached hydrogens (tertiary/aromatic N) is 5. The van der Waals surface area contributed by atoms with Crippen molar-refractivity contribution < 1.29 is 32.6 Å². The van der Waals surface area contributed by atoms with Crippen LogP contribution in [0.15, 0.2) is 64.8 Å². The average molecular weight is 623 g/mol. The molecule has 2 amide bonds. The Kier molecular flexibility index (Phi) is 10.8. The largest absolute Gasteiger partial charge is 0.471 e. The number of likely N-dealkylation sites (N-methyl/N-ethyl adjacent to an activating group) is 1. The molecule has 0 spiro atoms. The van der Waals surface area contributed by atoms with Crippen molar-refractivity contribution in [2.45, 2.75) is 44.9 Å². The van der Waals surface area contributed by atoms with Crippen molar-refractivity contribution in [3.05, 3.63) is 93.8 Å². The predicted molar refractivity (Wildman–Crippen MR) is 159 cm³/mol. The highest BCUT2D eigenvalue weighted by Crippen LogP contribution is 2.33. The molecule has 12 nitrogen and oxygen atoms in total. The number of ether oxygens (including phenoxy) is 2. The fraction of sp³-hybridized carbons (Fsp3) is 0.323. The minimum Gasteiger partial charge on any atom is -0.471 e. The van der Waals surface area contributed by atoms with Crippen LogP contribution in [0, 0.1) is 11.6 Å². The van der Waals surface area contributed by atoms with Gasteiger partial charge < -0.3 is 24.3 Å². The van der Waals surface area contributed by atoms with Crippen molar-refractivity contribution in [3.8, 4) is 5.88 Å². The Balaban J connectivity index is 1.44. The molecule has 1 aliphatic heterocycles. The smallest absolute Gasteiger partial charge is 0.407 e. The Morgan fingerprint density at radius 3 is 2.69 bits per heavy atom. The van der Waals surface area contributed by atoms with Crippen molar-refractivity contribution in [3.63, 3.8) is 0 Å². The first-order chi connectivity index (χ1) is 21.5. The van der Waals surface area contributed by atoms with E-state index in [0.717, 1.165) is 12.1 Å². The van der Waals surface area contributed by atoms with Gasteiger partial charge in [-0.25, -0.2) is 23.6 Å². The normalized spacial score (nSPS) is 12.8. The minimum absolute atomic E-state index is 0.0950. The summed E-state index contributed by atoms with van der Waals surface area (Å²) in [7, 11) is 4.41. The third-order valence-electron chi connectivity index (χ3n) is 6.89. The number of aromatic nitrogens is 3. The number of ketones is 1. The Bertz CT molecular complexity index is 1700. The summed E-state index contributed by atoms with van der Waals surface area (Å²) in [4.78, 5) is 64.5. The lowest BCUT2D eigenvalue weighted by Gasteiger charge is -2.16. The molecule has 1 N–H and O–H groups in total. The van der Waals surface area contributed by atoms with Gasteiger partial charge in [-0.1, -0.05) is 12.1 Å². The van der Waals surface area contributed by atoms with E-state index in [-0.39, 0.29) is 48.9 Å². The summed E-state index contributed by atoms with van der Waals surface area (Å²) in [6, 6.07) is 5.41. The second-order valence-electron chi connectivity index (χ2n) is 10.4. The van der Waals surface area contributed by atoms with E-state index >= 15 is 0 Å². The number of fused-ring (bicyclic) bond motifs is 1. The van der Waals surface area contributed by atoms with Crippen molar-refractivity contribution in [1.29, 1.82) is 0 Å². The number of aliphatic imine (C=N–C) groups is 1. The molecule has 45 heavy (non-hydrogen) atoms. The lowest BCUT2D eigenvalue weighted by atomic mass is 10.0. The third kappa shape index (κ3) is 8.65. The first kappa shape index (κ1) is 32.6. The lowest BCUT2D eigenvalue weighted by molar-refractivity contribution is -0.123. The highest BCUT2D eigenvalue weighted by molar-refractivity contribution is 5.94. The van der Waals surface area contributed by atoms with Gasteiger partial charge in [0, 0.05) is 56.0 Å². The number of hydrogen-bond acceptors (Lipinski definition) is 9. The number of benzene rings is 1.